The van der Waals surface area contributed by atoms with Gasteiger partial charge in [-0.25, -0.2) is 0 Å². The number of nitrogens with two attached hydrogens (primary N) is 1. The van der Waals surface area contributed by atoms with Crippen molar-refractivity contribution in [2.75, 3.05) is 5.73 Å². The van der Waals surface area contributed by atoms with Crippen LogP contribution in [0.25, 0.3) is 0 Å². The second-order valence-electron chi connectivity index (χ2n) is 6.38. The van der Waals surface area contributed by atoms with Crippen molar-refractivity contribution in [1.29, 1.82) is 0 Å². The summed E-state index contributed by atoms with van der Waals surface area (Å²) in [5, 5.41) is 9.85. The number of anilines is 1. The number of hydrogen-bond acceptors (Lipinski definition) is 3. The zero-order chi connectivity index (χ0) is 19.0. The van der Waals surface area contributed by atoms with Crippen molar-refractivity contribution >= 4 is 11.5 Å². The molecule has 0 heterocycles. The zero-order valence-electron chi connectivity index (χ0n) is 14.2. The zero-order valence-corrected chi connectivity index (χ0v) is 14.2. The number of alkyl halides is 3. The molecule has 0 aliphatic rings. The van der Waals surface area contributed by atoms with Crippen molar-refractivity contribution in [2.45, 2.75) is 39.0 Å². The van der Waals surface area contributed by atoms with E-state index in [1.54, 1.807) is 38.1 Å². The maximum atomic E-state index is 13.0. The molecule has 2 aromatic rings. The monoisotopic (exact) mass is 351 g/mol. The van der Waals surface area contributed by atoms with E-state index in [0.717, 1.165) is 6.92 Å². The lowest BCUT2D eigenvalue weighted by atomic mass is 9.87. The molecule has 2 rings (SSSR count). The predicted octanol–water partition coefficient (Wildman–Crippen LogP) is 4.08. The van der Waals surface area contributed by atoms with Gasteiger partial charge in [0.05, 0.1) is 0 Å². The van der Waals surface area contributed by atoms with E-state index in [1.165, 1.54) is 12.1 Å². The standard InChI is InChI=1S/C19H20F3NO2/c1-11-7-14(18(3,25)19(20,21)22)8-12(2)16(11)10-17(24)13-5-4-6-15(23)9-13/h4-9,25H,10,23H2,1-3H3. The van der Waals surface area contributed by atoms with E-state index in [4.69, 9.17) is 5.73 Å². The average molecular weight is 351 g/mol. The van der Waals surface area contributed by atoms with E-state index >= 15 is 0 Å². The molecule has 3 N–H and O–H groups in total. The van der Waals surface area contributed by atoms with Crippen LogP contribution in [0.15, 0.2) is 36.4 Å². The van der Waals surface area contributed by atoms with Gasteiger partial charge in [-0.2, -0.15) is 13.2 Å². The Morgan fingerprint density at radius 2 is 1.68 bits per heavy atom. The number of halogens is 3. The minimum Gasteiger partial charge on any atom is -0.399 e. The molecule has 0 aromatic heterocycles. The molecule has 6 heteroatoms. The van der Waals surface area contributed by atoms with E-state index in [0.29, 0.717) is 27.9 Å². The molecular formula is C19H20F3NO2. The van der Waals surface area contributed by atoms with E-state index in [2.05, 4.69) is 0 Å². The molecule has 0 saturated carbocycles. The third-order valence-corrected chi connectivity index (χ3v) is 4.36. The first kappa shape index (κ1) is 19.0. The lowest BCUT2D eigenvalue weighted by Gasteiger charge is -2.28. The van der Waals surface area contributed by atoms with Gasteiger partial charge in [0.25, 0.3) is 0 Å². The molecule has 2 aromatic carbocycles. The van der Waals surface area contributed by atoms with Gasteiger partial charge in [0.15, 0.2) is 11.4 Å². The van der Waals surface area contributed by atoms with Gasteiger partial charge >= 0.3 is 6.18 Å². The van der Waals surface area contributed by atoms with Crippen LogP contribution in [0.3, 0.4) is 0 Å². The average Bonchev–Trinajstić information content (AvgIpc) is 2.49. The fourth-order valence-corrected chi connectivity index (χ4v) is 2.69. The van der Waals surface area contributed by atoms with Crippen LogP contribution in [0.1, 0.15) is 39.5 Å². The number of nitrogen functional groups attached to an aromatic ring is 1. The highest BCUT2D eigenvalue weighted by molar-refractivity contribution is 5.98. The number of aryl methyl sites for hydroxylation is 2. The van der Waals surface area contributed by atoms with Crippen LogP contribution >= 0.6 is 0 Å². The van der Waals surface area contributed by atoms with Crippen molar-refractivity contribution in [1.82, 2.24) is 0 Å². The van der Waals surface area contributed by atoms with E-state index in [9.17, 15) is 23.1 Å². The second kappa shape index (κ2) is 6.52. The van der Waals surface area contributed by atoms with Crippen molar-refractivity contribution in [3.63, 3.8) is 0 Å². The van der Waals surface area contributed by atoms with Crippen molar-refractivity contribution in [3.05, 3.63) is 64.2 Å². The molecule has 0 spiro atoms. The fourth-order valence-electron chi connectivity index (χ4n) is 2.69. The molecule has 0 fully saturated rings. The van der Waals surface area contributed by atoms with Gasteiger partial charge < -0.3 is 10.8 Å². The summed E-state index contributed by atoms with van der Waals surface area (Å²) in [6.07, 6.45) is -4.74. The van der Waals surface area contributed by atoms with Crippen LogP contribution in [-0.4, -0.2) is 17.1 Å². The summed E-state index contributed by atoms with van der Waals surface area (Å²) in [4.78, 5) is 12.4. The predicted molar refractivity (Wildman–Crippen MR) is 90.4 cm³/mol. The fraction of sp³-hybridized carbons (Fsp3) is 0.316. The molecule has 0 aliphatic carbocycles. The Labute approximate surface area is 144 Å². The summed E-state index contributed by atoms with van der Waals surface area (Å²) < 4.78 is 39.1. The molecule has 0 bridgehead atoms. The van der Waals surface area contributed by atoms with Gasteiger partial charge in [-0.15, -0.1) is 0 Å². The highest BCUT2D eigenvalue weighted by Crippen LogP contribution is 2.39. The summed E-state index contributed by atoms with van der Waals surface area (Å²) >= 11 is 0. The number of aliphatic hydroxyl groups is 1. The highest BCUT2D eigenvalue weighted by Gasteiger charge is 2.51. The van der Waals surface area contributed by atoms with Gasteiger partial charge in [0.2, 0.25) is 0 Å². The van der Waals surface area contributed by atoms with Crippen molar-refractivity contribution in [2.24, 2.45) is 0 Å². The van der Waals surface area contributed by atoms with Crippen LogP contribution in [0.5, 0.6) is 0 Å². The molecular weight excluding hydrogens is 331 g/mol. The van der Waals surface area contributed by atoms with Gasteiger partial charge in [-0.05, 0) is 55.2 Å². The third kappa shape index (κ3) is 3.85. The van der Waals surface area contributed by atoms with Crippen LogP contribution in [0.2, 0.25) is 0 Å². The Kier molecular flexibility index (Phi) is 4.95. The minimum atomic E-state index is -4.79. The molecule has 134 valence electrons. The van der Waals surface area contributed by atoms with Gasteiger partial charge in [-0.1, -0.05) is 24.3 Å². The first-order chi connectivity index (χ1) is 11.4. The molecule has 0 radical (unpaired) electrons. The maximum absolute atomic E-state index is 13.0. The number of rotatable bonds is 4. The summed E-state index contributed by atoms with van der Waals surface area (Å²) in [5.74, 6) is -0.172. The molecule has 0 saturated heterocycles. The highest BCUT2D eigenvalue weighted by atomic mass is 19.4. The topological polar surface area (TPSA) is 63.3 Å². The molecule has 0 amide bonds. The first-order valence-corrected chi connectivity index (χ1v) is 7.72. The Bertz CT molecular complexity index is 788. The van der Waals surface area contributed by atoms with E-state index < -0.39 is 11.8 Å². The quantitative estimate of drug-likeness (QED) is 0.644. The number of benzene rings is 2. The minimum absolute atomic E-state index is 0.0512. The lowest BCUT2D eigenvalue weighted by Crippen LogP contribution is -2.39. The van der Waals surface area contributed by atoms with E-state index in [1.807, 2.05) is 0 Å². The summed E-state index contributed by atoms with van der Waals surface area (Å²) in [6, 6.07) is 9.11. The number of hydrogen-bond donors (Lipinski definition) is 2. The Morgan fingerprint density at radius 1 is 1.12 bits per heavy atom. The molecule has 1 unspecified atom stereocenters. The van der Waals surface area contributed by atoms with Crippen molar-refractivity contribution in [3.8, 4) is 0 Å². The number of carbonyl (C=O) groups excluding carboxylic acids is 1. The van der Waals surface area contributed by atoms with Gasteiger partial charge in [0, 0.05) is 17.7 Å². The Morgan fingerprint density at radius 3 is 2.16 bits per heavy atom. The number of ketones is 1. The second-order valence-corrected chi connectivity index (χ2v) is 6.38. The van der Waals surface area contributed by atoms with Crippen LogP contribution in [-0.2, 0) is 12.0 Å². The van der Waals surface area contributed by atoms with Gasteiger partial charge in [0.1, 0.15) is 0 Å². The Balaban J connectivity index is 2.37. The summed E-state index contributed by atoms with van der Waals surface area (Å²) in [5.41, 5.74) is 5.10. The maximum Gasteiger partial charge on any atom is 0.421 e. The number of carbonyl (C=O) groups is 1. The molecule has 25 heavy (non-hydrogen) atoms. The van der Waals surface area contributed by atoms with Crippen LogP contribution < -0.4 is 5.73 Å². The normalized spacial score (nSPS) is 14.2. The van der Waals surface area contributed by atoms with Gasteiger partial charge in [-0.3, -0.25) is 4.79 Å². The third-order valence-electron chi connectivity index (χ3n) is 4.36. The summed E-state index contributed by atoms with van der Waals surface area (Å²) in [6.45, 7) is 3.98. The van der Waals surface area contributed by atoms with Crippen LogP contribution in [0, 0.1) is 13.8 Å². The SMILES string of the molecule is Cc1cc(C(C)(O)C(F)(F)F)cc(C)c1CC(=O)c1cccc(N)c1. The Hall–Kier alpha value is -2.34. The smallest absolute Gasteiger partial charge is 0.399 e. The largest absolute Gasteiger partial charge is 0.421 e. The number of Topliss-reactive ketones (excluding diaryl/α,β-unsaturated/α-hetero) is 1. The first-order valence-electron chi connectivity index (χ1n) is 7.72. The molecule has 1 atom stereocenters. The summed E-state index contributed by atoms with van der Waals surface area (Å²) in [7, 11) is 0. The molecule has 3 nitrogen and oxygen atoms in total. The van der Waals surface area contributed by atoms with Crippen LogP contribution in [0.4, 0.5) is 18.9 Å². The van der Waals surface area contributed by atoms with E-state index in [-0.39, 0.29) is 17.8 Å². The van der Waals surface area contributed by atoms with Crippen molar-refractivity contribution < 1.29 is 23.1 Å². The molecule has 0 aliphatic heterocycles. The lowest BCUT2D eigenvalue weighted by molar-refractivity contribution is -0.258.